The first-order chi connectivity index (χ1) is 8.17. The molecule has 1 heterocycles. The molecular weight excluding hydrogens is 234 g/mol. The van der Waals surface area contributed by atoms with Crippen LogP contribution in [-0.4, -0.2) is 4.98 Å². The summed E-state index contributed by atoms with van der Waals surface area (Å²) in [4.78, 5) is 4.21. The number of hydrogen-bond donors (Lipinski definition) is 2. The molecular formula is C13H14ClN3. The Labute approximate surface area is 106 Å². The summed E-state index contributed by atoms with van der Waals surface area (Å²) in [5, 5.41) is 3.66. The Morgan fingerprint density at radius 2 is 2.12 bits per heavy atom. The van der Waals surface area contributed by atoms with E-state index in [1.54, 1.807) is 6.07 Å². The molecule has 1 aromatic carbocycles. The van der Waals surface area contributed by atoms with E-state index in [-0.39, 0.29) is 0 Å². The lowest BCUT2D eigenvalue weighted by Gasteiger charge is -2.08. The second kappa shape index (κ2) is 5.17. The third-order valence-electron chi connectivity index (χ3n) is 2.38. The molecule has 0 aliphatic carbocycles. The Kier molecular flexibility index (Phi) is 3.61. The van der Waals surface area contributed by atoms with Crippen molar-refractivity contribution in [2.75, 3.05) is 5.32 Å². The van der Waals surface area contributed by atoms with Crippen LogP contribution >= 0.6 is 11.6 Å². The lowest BCUT2D eigenvalue weighted by atomic mass is 10.2. The lowest BCUT2D eigenvalue weighted by molar-refractivity contribution is 1.06. The number of nitrogens with one attached hydrogen (secondary N) is 1. The predicted octanol–water partition coefficient (Wildman–Crippen LogP) is 3.25. The number of aryl methyl sites for hydroxylation is 1. The average molecular weight is 248 g/mol. The Balaban J connectivity index is 2.26. The predicted molar refractivity (Wildman–Crippen MR) is 71.6 cm³/mol. The average Bonchev–Trinajstić information content (AvgIpc) is 2.28. The number of hydrogen-bond acceptors (Lipinski definition) is 3. The summed E-state index contributed by atoms with van der Waals surface area (Å²) >= 11 is 5.92. The topological polar surface area (TPSA) is 50.9 Å². The van der Waals surface area contributed by atoms with Crippen LogP contribution in [0.25, 0.3) is 0 Å². The van der Waals surface area contributed by atoms with Gasteiger partial charge in [0.25, 0.3) is 0 Å². The van der Waals surface area contributed by atoms with Gasteiger partial charge in [0.15, 0.2) is 0 Å². The summed E-state index contributed by atoms with van der Waals surface area (Å²) in [6.45, 7) is 2.49. The molecule has 0 saturated heterocycles. The third-order valence-corrected chi connectivity index (χ3v) is 2.57. The molecule has 0 atom stereocenters. The maximum absolute atomic E-state index is 5.92. The van der Waals surface area contributed by atoms with Gasteiger partial charge in [-0.3, -0.25) is 0 Å². The van der Waals surface area contributed by atoms with Crippen LogP contribution in [0.2, 0.25) is 5.15 Å². The Morgan fingerprint density at radius 3 is 2.82 bits per heavy atom. The zero-order valence-electron chi connectivity index (χ0n) is 9.57. The van der Waals surface area contributed by atoms with Crippen molar-refractivity contribution >= 4 is 23.1 Å². The number of pyridine rings is 1. The van der Waals surface area contributed by atoms with E-state index in [0.717, 1.165) is 11.3 Å². The van der Waals surface area contributed by atoms with Crippen LogP contribution in [0, 0.1) is 6.92 Å². The van der Waals surface area contributed by atoms with Gasteiger partial charge in [0.05, 0.1) is 0 Å². The van der Waals surface area contributed by atoms with Crippen molar-refractivity contribution in [2.24, 2.45) is 5.73 Å². The third kappa shape index (κ3) is 3.19. The van der Waals surface area contributed by atoms with E-state index in [9.17, 15) is 0 Å². The molecule has 0 fully saturated rings. The van der Waals surface area contributed by atoms with Crippen LogP contribution in [0.3, 0.4) is 0 Å². The first kappa shape index (κ1) is 11.9. The zero-order chi connectivity index (χ0) is 12.3. The largest absolute Gasteiger partial charge is 0.340 e. The monoisotopic (exact) mass is 247 g/mol. The smallest absolute Gasteiger partial charge is 0.132 e. The van der Waals surface area contributed by atoms with Gasteiger partial charge in [-0.2, -0.15) is 0 Å². The Hall–Kier alpha value is -1.58. The van der Waals surface area contributed by atoms with E-state index in [0.29, 0.717) is 17.5 Å². The van der Waals surface area contributed by atoms with Crippen molar-refractivity contribution < 1.29 is 0 Å². The van der Waals surface area contributed by atoms with Crippen LogP contribution in [0.5, 0.6) is 0 Å². The number of rotatable bonds is 3. The second-order valence-corrected chi connectivity index (χ2v) is 4.27. The Bertz CT molecular complexity index is 526. The van der Waals surface area contributed by atoms with Crippen molar-refractivity contribution in [1.29, 1.82) is 0 Å². The quantitative estimate of drug-likeness (QED) is 0.819. The zero-order valence-corrected chi connectivity index (χ0v) is 10.3. The standard InChI is InChI=1S/C13H14ClN3/c1-9-3-2-4-11(5-9)16-13-7-10(8-15)6-12(14)17-13/h2-7H,8,15H2,1H3,(H,16,17). The van der Waals surface area contributed by atoms with Gasteiger partial charge in [-0.05, 0) is 42.3 Å². The van der Waals surface area contributed by atoms with Crippen molar-refractivity contribution in [3.8, 4) is 0 Å². The van der Waals surface area contributed by atoms with Gasteiger partial charge in [0.1, 0.15) is 11.0 Å². The second-order valence-electron chi connectivity index (χ2n) is 3.88. The summed E-state index contributed by atoms with van der Waals surface area (Å²) in [5.74, 6) is 0.712. The van der Waals surface area contributed by atoms with Gasteiger partial charge in [-0.15, -0.1) is 0 Å². The maximum atomic E-state index is 5.92. The Morgan fingerprint density at radius 1 is 1.29 bits per heavy atom. The van der Waals surface area contributed by atoms with Crippen molar-refractivity contribution in [2.45, 2.75) is 13.5 Å². The summed E-state index contributed by atoms with van der Waals surface area (Å²) in [5.41, 5.74) is 8.73. The van der Waals surface area contributed by atoms with Gasteiger partial charge < -0.3 is 11.1 Å². The van der Waals surface area contributed by atoms with Crippen molar-refractivity contribution in [3.05, 3.63) is 52.7 Å². The number of nitrogens with two attached hydrogens (primary N) is 1. The fraction of sp³-hybridized carbons (Fsp3) is 0.154. The van der Waals surface area contributed by atoms with Gasteiger partial charge in [0.2, 0.25) is 0 Å². The highest BCUT2D eigenvalue weighted by Crippen LogP contribution is 2.19. The molecule has 1 aromatic heterocycles. The van der Waals surface area contributed by atoms with Crippen LogP contribution < -0.4 is 11.1 Å². The molecule has 0 spiro atoms. The molecule has 3 nitrogen and oxygen atoms in total. The molecule has 0 bridgehead atoms. The normalized spacial score (nSPS) is 10.3. The summed E-state index contributed by atoms with van der Waals surface area (Å²) in [6, 6.07) is 11.7. The number of halogens is 1. The molecule has 4 heteroatoms. The van der Waals surface area contributed by atoms with Crippen LogP contribution in [0.1, 0.15) is 11.1 Å². The molecule has 0 unspecified atom stereocenters. The van der Waals surface area contributed by atoms with E-state index in [1.165, 1.54) is 5.56 Å². The summed E-state index contributed by atoms with van der Waals surface area (Å²) in [7, 11) is 0. The number of nitrogens with zero attached hydrogens (tertiary/aromatic N) is 1. The highest BCUT2D eigenvalue weighted by atomic mass is 35.5. The van der Waals surface area contributed by atoms with Crippen LogP contribution in [0.15, 0.2) is 36.4 Å². The van der Waals surface area contributed by atoms with Gasteiger partial charge in [-0.1, -0.05) is 23.7 Å². The molecule has 88 valence electrons. The van der Waals surface area contributed by atoms with E-state index < -0.39 is 0 Å². The minimum atomic E-state index is 0.447. The molecule has 17 heavy (non-hydrogen) atoms. The minimum Gasteiger partial charge on any atom is -0.340 e. The fourth-order valence-corrected chi connectivity index (χ4v) is 1.83. The highest BCUT2D eigenvalue weighted by molar-refractivity contribution is 6.29. The summed E-state index contributed by atoms with van der Waals surface area (Å²) in [6.07, 6.45) is 0. The van der Waals surface area contributed by atoms with E-state index >= 15 is 0 Å². The van der Waals surface area contributed by atoms with Crippen molar-refractivity contribution in [3.63, 3.8) is 0 Å². The molecule has 2 rings (SSSR count). The SMILES string of the molecule is Cc1cccc(Nc2cc(CN)cc(Cl)n2)c1. The summed E-state index contributed by atoms with van der Waals surface area (Å²) < 4.78 is 0. The van der Waals surface area contributed by atoms with Gasteiger partial charge >= 0.3 is 0 Å². The number of benzene rings is 1. The molecule has 0 amide bonds. The number of anilines is 2. The molecule has 2 aromatic rings. The van der Waals surface area contributed by atoms with Gasteiger partial charge in [-0.25, -0.2) is 4.98 Å². The first-order valence-corrected chi connectivity index (χ1v) is 5.75. The van der Waals surface area contributed by atoms with E-state index in [2.05, 4.69) is 10.3 Å². The highest BCUT2D eigenvalue weighted by Gasteiger charge is 2.01. The van der Waals surface area contributed by atoms with Crippen molar-refractivity contribution in [1.82, 2.24) is 4.98 Å². The molecule has 0 aliphatic rings. The molecule has 0 radical (unpaired) electrons. The van der Waals surface area contributed by atoms with E-state index in [1.807, 2.05) is 37.3 Å². The fourth-order valence-electron chi connectivity index (χ4n) is 1.60. The van der Waals surface area contributed by atoms with Crippen LogP contribution in [-0.2, 0) is 6.54 Å². The molecule has 0 saturated carbocycles. The minimum absolute atomic E-state index is 0.447. The number of aromatic nitrogens is 1. The van der Waals surface area contributed by atoms with Gasteiger partial charge in [0, 0.05) is 12.2 Å². The molecule has 0 aliphatic heterocycles. The molecule has 3 N–H and O–H groups in total. The van der Waals surface area contributed by atoms with Crippen LogP contribution in [0.4, 0.5) is 11.5 Å². The lowest BCUT2D eigenvalue weighted by Crippen LogP contribution is -2.00. The van der Waals surface area contributed by atoms with E-state index in [4.69, 9.17) is 17.3 Å². The first-order valence-electron chi connectivity index (χ1n) is 5.37. The maximum Gasteiger partial charge on any atom is 0.132 e.